The number of amides is 1. The fraction of sp³-hybridized carbons (Fsp3) is 0.462. The van der Waals surface area contributed by atoms with Crippen molar-refractivity contribution in [2.45, 2.75) is 36.6 Å². The van der Waals surface area contributed by atoms with E-state index in [1.54, 1.807) is 18.2 Å². The molecule has 1 amide bonds. The second kappa shape index (κ2) is 11.8. The van der Waals surface area contributed by atoms with Crippen molar-refractivity contribution in [3.05, 3.63) is 65.7 Å². The summed E-state index contributed by atoms with van der Waals surface area (Å²) >= 11 is 0. The zero-order chi connectivity index (χ0) is 24.7. The van der Waals surface area contributed by atoms with Gasteiger partial charge in [-0.2, -0.15) is 0 Å². The molecule has 0 bridgehead atoms. The molecule has 1 unspecified atom stereocenters. The van der Waals surface area contributed by atoms with Gasteiger partial charge < -0.3 is 10.2 Å². The lowest BCUT2D eigenvalue weighted by Crippen LogP contribution is -2.47. The summed E-state index contributed by atoms with van der Waals surface area (Å²) in [7, 11) is -1.36. The third-order valence-electron chi connectivity index (χ3n) is 6.57. The number of rotatable bonds is 10. The first-order valence-corrected chi connectivity index (χ1v) is 13.8. The number of nitrogens with one attached hydrogen (secondary N) is 2. The van der Waals surface area contributed by atoms with Crippen molar-refractivity contribution in [3.8, 4) is 0 Å². The lowest BCUT2D eigenvalue weighted by atomic mass is 10.1. The van der Waals surface area contributed by atoms with Crippen molar-refractivity contribution in [1.82, 2.24) is 19.8 Å². The number of carbonyl (C=O) groups is 1. The smallest absolute Gasteiger partial charge is 0.263 e. The molecule has 0 spiro atoms. The third kappa shape index (κ3) is 6.90. The number of carbonyl (C=O) groups excluding carboxylic acids is 1. The van der Waals surface area contributed by atoms with Gasteiger partial charge in [-0.05, 0) is 37.6 Å². The number of nitrogens with zero attached hydrogens (tertiary/aromatic N) is 3. The maximum atomic E-state index is 12.7. The van der Waals surface area contributed by atoms with E-state index >= 15 is 0 Å². The Morgan fingerprint density at radius 2 is 1.71 bits per heavy atom. The molecule has 35 heavy (non-hydrogen) atoms. The van der Waals surface area contributed by atoms with Crippen LogP contribution >= 0.6 is 0 Å². The molecule has 0 radical (unpaired) electrons. The third-order valence-corrected chi connectivity index (χ3v) is 7.97. The van der Waals surface area contributed by atoms with E-state index in [2.05, 4.69) is 44.0 Å². The zero-order valence-corrected chi connectivity index (χ0v) is 21.1. The summed E-state index contributed by atoms with van der Waals surface area (Å²) in [6.07, 6.45) is 2.89. The van der Waals surface area contributed by atoms with Crippen molar-refractivity contribution in [1.29, 1.82) is 0 Å². The molecule has 9 heteroatoms. The van der Waals surface area contributed by atoms with E-state index in [0.717, 1.165) is 57.5 Å². The lowest BCUT2D eigenvalue weighted by Gasteiger charge is -2.35. The molecule has 188 valence electrons. The number of amidine groups is 1. The molecule has 1 fully saturated rings. The number of benzene rings is 2. The van der Waals surface area contributed by atoms with Gasteiger partial charge in [-0.3, -0.25) is 19.4 Å². The van der Waals surface area contributed by atoms with E-state index < -0.39 is 10.0 Å². The predicted octanol–water partition coefficient (Wildman–Crippen LogP) is 2.39. The van der Waals surface area contributed by atoms with Gasteiger partial charge >= 0.3 is 0 Å². The lowest BCUT2D eigenvalue weighted by molar-refractivity contribution is -0.122. The fourth-order valence-electron chi connectivity index (χ4n) is 4.49. The molecular formula is C26H35N5O3S. The van der Waals surface area contributed by atoms with Crippen molar-refractivity contribution in [3.63, 3.8) is 0 Å². The highest BCUT2D eigenvalue weighted by Crippen LogP contribution is 2.22. The fourth-order valence-corrected chi connectivity index (χ4v) is 5.74. The summed E-state index contributed by atoms with van der Waals surface area (Å²) in [4.78, 5) is 22.2. The number of fused-ring (bicyclic) bond motifs is 1. The quantitative estimate of drug-likeness (QED) is 0.492. The number of unbranched alkanes of at least 4 members (excludes halogenated alkanes) is 2. The Kier molecular flexibility index (Phi) is 8.54. The number of piperazine rings is 1. The van der Waals surface area contributed by atoms with Crippen LogP contribution in [-0.4, -0.2) is 76.3 Å². The van der Waals surface area contributed by atoms with Crippen molar-refractivity contribution < 1.29 is 13.2 Å². The summed E-state index contributed by atoms with van der Waals surface area (Å²) in [5.41, 5.74) is 1.76. The van der Waals surface area contributed by atoms with Crippen LogP contribution in [0.15, 0.2) is 64.5 Å². The molecule has 1 saturated heterocycles. The Balaban J connectivity index is 1.22. The molecule has 4 rings (SSSR count). The Morgan fingerprint density at radius 3 is 2.49 bits per heavy atom. The molecule has 0 aliphatic carbocycles. The summed E-state index contributed by atoms with van der Waals surface area (Å²) in [5, 5.41) is 3.25. The van der Waals surface area contributed by atoms with Crippen LogP contribution in [0.1, 0.15) is 42.9 Å². The number of aliphatic imine (C=N–C) groups is 1. The van der Waals surface area contributed by atoms with Crippen LogP contribution in [0.3, 0.4) is 0 Å². The average Bonchev–Trinajstić information content (AvgIpc) is 3.13. The highest BCUT2D eigenvalue weighted by molar-refractivity contribution is 7.90. The van der Waals surface area contributed by atoms with E-state index in [9.17, 15) is 13.2 Å². The summed E-state index contributed by atoms with van der Waals surface area (Å²) in [6.45, 7) is 5.46. The monoisotopic (exact) mass is 497 g/mol. The summed E-state index contributed by atoms with van der Waals surface area (Å²) < 4.78 is 26.9. The van der Waals surface area contributed by atoms with Gasteiger partial charge in [0.25, 0.3) is 10.0 Å². The Labute approximate surface area is 208 Å². The van der Waals surface area contributed by atoms with E-state index in [1.807, 2.05) is 24.3 Å². The van der Waals surface area contributed by atoms with Crippen LogP contribution in [0, 0.1) is 0 Å². The van der Waals surface area contributed by atoms with Gasteiger partial charge in [0, 0.05) is 51.3 Å². The molecule has 2 aliphatic heterocycles. The highest BCUT2D eigenvalue weighted by atomic mass is 32.2. The average molecular weight is 498 g/mol. The Hall–Kier alpha value is -2.75. The van der Waals surface area contributed by atoms with Crippen LogP contribution < -0.4 is 10.0 Å². The van der Waals surface area contributed by atoms with Crippen LogP contribution in [0.5, 0.6) is 0 Å². The first-order chi connectivity index (χ1) is 16.9. The van der Waals surface area contributed by atoms with Gasteiger partial charge in [0.15, 0.2) is 0 Å². The van der Waals surface area contributed by atoms with E-state index in [4.69, 9.17) is 0 Å². The number of hydrogen-bond acceptors (Lipinski definition) is 6. The van der Waals surface area contributed by atoms with Gasteiger partial charge in [0.1, 0.15) is 5.84 Å². The molecule has 2 heterocycles. The van der Waals surface area contributed by atoms with Crippen LogP contribution in [0.25, 0.3) is 0 Å². The predicted molar refractivity (Wildman–Crippen MR) is 138 cm³/mol. The molecule has 2 aliphatic rings. The molecule has 0 aromatic heterocycles. The minimum Gasteiger partial charge on any atom is -0.348 e. The number of likely N-dealkylation sites (N-methyl/N-ethyl adjacent to an activating group) is 1. The van der Waals surface area contributed by atoms with Gasteiger partial charge in [-0.1, -0.05) is 48.9 Å². The van der Waals surface area contributed by atoms with E-state index in [-0.39, 0.29) is 16.8 Å². The summed E-state index contributed by atoms with van der Waals surface area (Å²) in [6, 6.07) is 17.0. The normalized spacial score (nSPS) is 19.7. The van der Waals surface area contributed by atoms with Crippen molar-refractivity contribution in [2.75, 3.05) is 46.3 Å². The van der Waals surface area contributed by atoms with Gasteiger partial charge in [-0.25, -0.2) is 8.42 Å². The minimum atomic E-state index is -3.50. The molecule has 2 aromatic rings. The Bertz CT molecular complexity index is 1130. The molecule has 0 saturated carbocycles. The maximum absolute atomic E-state index is 12.7. The summed E-state index contributed by atoms with van der Waals surface area (Å²) in [5.74, 6) is 0.477. The molecule has 8 nitrogen and oxygen atoms in total. The Morgan fingerprint density at radius 1 is 1.00 bits per heavy atom. The van der Waals surface area contributed by atoms with Crippen molar-refractivity contribution >= 4 is 21.8 Å². The molecule has 1 atom stereocenters. The minimum absolute atomic E-state index is 0.0195. The van der Waals surface area contributed by atoms with Gasteiger partial charge in [0.2, 0.25) is 5.91 Å². The zero-order valence-electron chi connectivity index (χ0n) is 20.3. The van der Waals surface area contributed by atoms with E-state index in [1.165, 1.54) is 0 Å². The molecule has 2 aromatic carbocycles. The van der Waals surface area contributed by atoms with Crippen LogP contribution in [0.4, 0.5) is 0 Å². The van der Waals surface area contributed by atoms with E-state index in [0.29, 0.717) is 24.4 Å². The number of sulfonamides is 1. The highest BCUT2D eigenvalue weighted by Gasteiger charge is 2.29. The van der Waals surface area contributed by atoms with Crippen LogP contribution in [0.2, 0.25) is 0 Å². The first kappa shape index (κ1) is 25.3. The SMILES string of the molecule is CN1CCN(CC(NC(=O)CCCCCN=C2NS(=O)(=O)c3ccccc32)c2ccccc2)CC1. The molecular weight excluding hydrogens is 462 g/mol. The topological polar surface area (TPSA) is 94.1 Å². The number of hydrogen-bond donors (Lipinski definition) is 2. The standard InChI is InChI=1S/C26H35N5O3S/c1-30-16-18-31(19-17-30)20-23(21-10-4-2-5-11-21)28-25(32)14-6-3-9-15-27-26-22-12-7-8-13-24(22)35(33,34)29-26/h2,4-5,7-8,10-13,23H,3,6,9,14-20H2,1H3,(H,27,29)(H,28,32). The van der Waals surface area contributed by atoms with Crippen LogP contribution in [-0.2, 0) is 14.8 Å². The molecule has 2 N–H and O–H groups in total. The second-order valence-corrected chi connectivity index (χ2v) is 10.9. The first-order valence-electron chi connectivity index (χ1n) is 12.3. The van der Waals surface area contributed by atoms with Gasteiger partial charge in [-0.15, -0.1) is 0 Å². The largest absolute Gasteiger partial charge is 0.348 e. The van der Waals surface area contributed by atoms with Crippen molar-refractivity contribution in [2.24, 2.45) is 4.99 Å². The second-order valence-electron chi connectivity index (χ2n) is 9.28. The maximum Gasteiger partial charge on any atom is 0.263 e. The van der Waals surface area contributed by atoms with Gasteiger partial charge in [0.05, 0.1) is 10.9 Å².